The van der Waals surface area contributed by atoms with Crippen molar-refractivity contribution in [2.24, 2.45) is 0 Å². The molecule has 0 aliphatic heterocycles. The van der Waals surface area contributed by atoms with E-state index in [1.807, 2.05) is 35.8 Å². The van der Waals surface area contributed by atoms with Crippen LogP contribution in [0.15, 0.2) is 24.3 Å². The molecule has 2 aromatic rings. The summed E-state index contributed by atoms with van der Waals surface area (Å²) in [5, 5.41) is 2.89. The van der Waals surface area contributed by atoms with Crippen molar-refractivity contribution in [3.8, 4) is 0 Å². The second kappa shape index (κ2) is 5.83. The van der Waals surface area contributed by atoms with Gasteiger partial charge in [-0.1, -0.05) is 12.1 Å². The number of hydrogen-bond donors (Lipinski definition) is 1. The lowest BCUT2D eigenvalue weighted by atomic mass is 10.2. The van der Waals surface area contributed by atoms with Crippen LogP contribution in [0, 0.1) is 0 Å². The fourth-order valence-electron chi connectivity index (χ4n) is 2.30. The van der Waals surface area contributed by atoms with Gasteiger partial charge in [0.05, 0.1) is 24.0 Å². The third-order valence-corrected chi connectivity index (χ3v) is 3.20. The molecule has 2 rings (SSSR count). The van der Waals surface area contributed by atoms with E-state index in [9.17, 15) is 13.2 Å². The lowest BCUT2D eigenvalue weighted by Gasteiger charge is -2.16. The molecule has 1 heterocycles. The van der Waals surface area contributed by atoms with Crippen LogP contribution in [0.4, 0.5) is 13.2 Å². The van der Waals surface area contributed by atoms with Crippen molar-refractivity contribution in [1.82, 2.24) is 14.9 Å². The molecule has 0 saturated carbocycles. The highest BCUT2D eigenvalue weighted by molar-refractivity contribution is 5.75. The monoisotopic (exact) mass is 285 g/mol. The van der Waals surface area contributed by atoms with Crippen LogP contribution in [0.3, 0.4) is 0 Å². The SMILES string of the molecule is CCn1c(CNC(C)CC(F)(F)F)nc2ccccc21. The molecule has 6 heteroatoms. The first kappa shape index (κ1) is 14.8. The number of aromatic nitrogens is 2. The summed E-state index contributed by atoms with van der Waals surface area (Å²) < 4.78 is 38.9. The number of hydrogen-bond acceptors (Lipinski definition) is 2. The number of nitrogens with one attached hydrogen (secondary N) is 1. The van der Waals surface area contributed by atoms with Crippen molar-refractivity contribution < 1.29 is 13.2 Å². The van der Waals surface area contributed by atoms with Gasteiger partial charge in [-0.3, -0.25) is 0 Å². The third-order valence-electron chi connectivity index (χ3n) is 3.20. The Labute approximate surface area is 115 Å². The van der Waals surface area contributed by atoms with E-state index in [4.69, 9.17) is 0 Å². The number of aryl methyl sites for hydroxylation is 1. The van der Waals surface area contributed by atoms with Crippen LogP contribution in [0.5, 0.6) is 0 Å². The Morgan fingerprint density at radius 2 is 2.00 bits per heavy atom. The molecular weight excluding hydrogens is 267 g/mol. The Morgan fingerprint density at radius 1 is 1.30 bits per heavy atom. The Kier molecular flexibility index (Phi) is 4.32. The lowest BCUT2D eigenvalue weighted by molar-refractivity contribution is -0.139. The predicted octanol–water partition coefficient (Wildman–Crippen LogP) is 3.49. The summed E-state index contributed by atoms with van der Waals surface area (Å²) in [5.41, 5.74) is 1.88. The molecule has 1 N–H and O–H groups in total. The molecule has 0 aliphatic rings. The van der Waals surface area contributed by atoms with Crippen LogP contribution < -0.4 is 5.32 Å². The zero-order chi connectivity index (χ0) is 14.8. The summed E-state index contributed by atoms with van der Waals surface area (Å²) in [6.45, 7) is 4.61. The molecule has 0 bridgehead atoms. The minimum absolute atomic E-state index is 0.333. The summed E-state index contributed by atoms with van der Waals surface area (Å²) in [6.07, 6.45) is -4.98. The number of imidazole rings is 1. The van der Waals surface area contributed by atoms with Gasteiger partial charge >= 0.3 is 6.18 Å². The Balaban J connectivity index is 2.10. The molecule has 20 heavy (non-hydrogen) atoms. The smallest absolute Gasteiger partial charge is 0.327 e. The van der Waals surface area contributed by atoms with Gasteiger partial charge in [0.15, 0.2) is 0 Å². The topological polar surface area (TPSA) is 29.9 Å². The minimum atomic E-state index is -4.14. The number of halogens is 3. The van der Waals surface area contributed by atoms with E-state index >= 15 is 0 Å². The van der Waals surface area contributed by atoms with Crippen LogP contribution in [0.25, 0.3) is 11.0 Å². The van der Waals surface area contributed by atoms with E-state index < -0.39 is 18.6 Å². The van der Waals surface area contributed by atoms with Crippen molar-refractivity contribution in [3.05, 3.63) is 30.1 Å². The highest BCUT2D eigenvalue weighted by Crippen LogP contribution is 2.21. The summed E-state index contributed by atoms with van der Waals surface area (Å²) in [4.78, 5) is 4.47. The van der Waals surface area contributed by atoms with Gasteiger partial charge in [0, 0.05) is 12.6 Å². The van der Waals surface area contributed by atoms with Gasteiger partial charge in [-0.25, -0.2) is 4.98 Å². The van der Waals surface area contributed by atoms with E-state index in [-0.39, 0.29) is 0 Å². The Hall–Kier alpha value is -1.56. The van der Waals surface area contributed by atoms with Crippen molar-refractivity contribution in [1.29, 1.82) is 0 Å². The largest absolute Gasteiger partial charge is 0.390 e. The van der Waals surface area contributed by atoms with Gasteiger partial charge in [-0.2, -0.15) is 13.2 Å². The van der Waals surface area contributed by atoms with Crippen molar-refractivity contribution in [2.45, 2.75) is 45.6 Å². The van der Waals surface area contributed by atoms with Crippen LogP contribution >= 0.6 is 0 Å². The lowest BCUT2D eigenvalue weighted by Crippen LogP contribution is -2.31. The van der Waals surface area contributed by atoms with Gasteiger partial charge in [0.25, 0.3) is 0 Å². The first-order valence-electron chi connectivity index (χ1n) is 6.65. The second-order valence-electron chi connectivity index (χ2n) is 4.86. The molecule has 3 nitrogen and oxygen atoms in total. The van der Waals surface area contributed by atoms with Crippen molar-refractivity contribution >= 4 is 11.0 Å². The summed E-state index contributed by atoms with van der Waals surface area (Å²) in [7, 11) is 0. The average Bonchev–Trinajstić information content (AvgIpc) is 2.71. The highest BCUT2D eigenvalue weighted by atomic mass is 19.4. The normalized spacial score (nSPS) is 13.8. The fourth-order valence-corrected chi connectivity index (χ4v) is 2.30. The molecule has 0 amide bonds. The summed E-state index contributed by atoms with van der Waals surface area (Å²) in [6, 6.07) is 7.08. The van der Waals surface area contributed by atoms with Crippen molar-refractivity contribution in [3.63, 3.8) is 0 Å². The molecule has 1 aromatic carbocycles. The van der Waals surface area contributed by atoms with Gasteiger partial charge in [-0.05, 0) is 26.0 Å². The van der Waals surface area contributed by atoms with E-state index in [2.05, 4.69) is 10.3 Å². The molecule has 0 radical (unpaired) electrons. The molecule has 0 saturated heterocycles. The number of benzene rings is 1. The van der Waals surface area contributed by atoms with Gasteiger partial charge in [0.1, 0.15) is 5.82 Å². The fraction of sp³-hybridized carbons (Fsp3) is 0.500. The molecule has 0 spiro atoms. The molecule has 1 unspecified atom stereocenters. The Morgan fingerprint density at radius 3 is 2.65 bits per heavy atom. The molecule has 110 valence electrons. The second-order valence-corrected chi connectivity index (χ2v) is 4.86. The van der Waals surface area contributed by atoms with Gasteiger partial charge in [0.2, 0.25) is 0 Å². The van der Waals surface area contributed by atoms with Crippen molar-refractivity contribution in [2.75, 3.05) is 0 Å². The van der Waals surface area contributed by atoms with Crippen LogP contribution in [-0.4, -0.2) is 21.8 Å². The third kappa shape index (κ3) is 3.50. The zero-order valence-electron chi connectivity index (χ0n) is 11.5. The maximum atomic E-state index is 12.3. The number of alkyl halides is 3. The first-order valence-corrected chi connectivity index (χ1v) is 6.65. The number of rotatable bonds is 5. The maximum Gasteiger partial charge on any atom is 0.390 e. The summed E-state index contributed by atoms with van der Waals surface area (Å²) in [5.74, 6) is 0.766. The van der Waals surface area contributed by atoms with Gasteiger partial charge in [-0.15, -0.1) is 0 Å². The maximum absolute atomic E-state index is 12.3. The molecule has 0 aliphatic carbocycles. The van der Waals surface area contributed by atoms with E-state index in [1.165, 1.54) is 6.92 Å². The average molecular weight is 285 g/mol. The molecule has 1 aromatic heterocycles. The zero-order valence-corrected chi connectivity index (χ0v) is 11.5. The van der Waals surface area contributed by atoms with E-state index in [0.29, 0.717) is 6.54 Å². The van der Waals surface area contributed by atoms with E-state index in [1.54, 1.807) is 0 Å². The first-order chi connectivity index (χ1) is 9.40. The number of fused-ring (bicyclic) bond motifs is 1. The van der Waals surface area contributed by atoms with Crippen LogP contribution in [-0.2, 0) is 13.1 Å². The van der Waals surface area contributed by atoms with Crippen LogP contribution in [0.2, 0.25) is 0 Å². The number of para-hydroxylation sites is 2. The van der Waals surface area contributed by atoms with Crippen LogP contribution in [0.1, 0.15) is 26.1 Å². The van der Waals surface area contributed by atoms with E-state index in [0.717, 1.165) is 23.4 Å². The molecule has 0 fully saturated rings. The number of nitrogens with zero attached hydrogens (tertiary/aromatic N) is 2. The predicted molar refractivity (Wildman–Crippen MR) is 72.4 cm³/mol. The quantitative estimate of drug-likeness (QED) is 0.911. The standard InChI is InChI=1S/C14H18F3N3/c1-3-20-12-7-5-4-6-11(12)19-13(20)9-18-10(2)8-14(15,16)17/h4-7,10,18H,3,8-9H2,1-2H3. The highest BCUT2D eigenvalue weighted by Gasteiger charge is 2.29. The molecular formula is C14H18F3N3. The summed E-state index contributed by atoms with van der Waals surface area (Å²) >= 11 is 0. The van der Waals surface area contributed by atoms with Gasteiger partial charge < -0.3 is 9.88 Å². The molecule has 1 atom stereocenters. The minimum Gasteiger partial charge on any atom is -0.327 e. The Bertz CT molecular complexity index is 575.